The molecule has 1 aromatic carbocycles. The lowest BCUT2D eigenvalue weighted by molar-refractivity contribution is -0.574. The lowest BCUT2D eigenvalue weighted by atomic mass is 10.2. The van der Waals surface area contributed by atoms with Gasteiger partial charge in [-0.15, -0.1) is 4.73 Å². The van der Waals surface area contributed by atoms with Crippen molar-refractivity contribution < 1.29 is 19.6 Å². The second-order valence-electron chi connectivity index (χ2n) is 3.56. The van der Waals surface area contributed by atoms with Crippen molar-refractivity contribution >= 4 is 33.1 Å². The Morgan fingerprint density at radius 3 is 2.72 bits per heavy atom. The van der Waals surface area contributed by atoms with Gasteiger partial charge >= 0.3 is 16.6 Å². The van der Waals surface area contributed by atoms with Crippen molar-refractivity contribution in [2.24, 2.45) is 5.73 Å². The number of rotatable bonds is 2. The fourth-order valence-corrected chi connectivity index (χ4v) is 2.57. The molecule has 0 radical (unpaired) electrons. The molecule has 1 heterocycles. The summed E-state index contributed by atoms with van der Waals surface area (Å²) in [6.07, 6.45) is 0. The summed E-state index contributed by atoms with van der Waals surface area (Å²) in [6.45, 7) is 1.54. The van der Waals surface area contributed by atoms with Crippen molar-refractivity contribution in [3.63, 3.8) is 0 Å². The molecule has 0 spiro atoms. The lowest BCUT2D eigenvalue weighted by Crippen LogP contribution is -2.34. The molecule has 0 unspecified atom stereocenters. The number of aromatic hydroxyl groups is 1. The molecule has 0 saturated carbocycles. The predicted octanol–water partition coefficient (Wildman–Crippen LogP) is 0.556. The zero-order valence-corrected chi connectivity index (χ0v) is 9.85. The molecule has 0 saturated heterocycles. The maximum Gasteiger partial charge on any atom is 0.339 e. The molecule has 0 aliphatic rings. The number of nitro benzene ring substituents is 1. The van der Waals surface area contributed by atoms with Crippen LogP contribution in [0.1, 0.15) is 15.4 Å². The van der Waals surface area contributed by atoms with Gasteiger partial charge in [-0.1, -0.05) is 11.3 Å². The molecule has 0 bridgehead atoms. The zero-order valence-electron chi connectivity index (χ0n) is 9.04. The second-order valence-corrected chi connectivity index (χ2v) is 4.56. The molecule has 0 atom stereocenters. The van der Waals surface area contributed by atoms with E-state index in [0.717, 1.165) is 17.4 Å². The molecule has 0 aliphatic carbocycles. The molecule has 1 aromatic heterocycles. The van der Waals surface area contributed by atoms with Crippen molar-refractivity contribution in [1.29, 1.82) is 0 Å². The average Bonchev–Trinajstić information content (AvgIpc) is 2.62. The van der Waals surface area contributed by atoms with Crippen LogP contribution in [0.2, 0.25) is 0 Å². The fraction of sp³-hybridized carbons (Fsp3) is 0.111. The first-order valence-electron chi connectivity index (χ1n) is 4.67. The summed E-state index contributed by atoms with van der Waals surface area (Å²) in [5.41, 5.74) is 4.54. The van der Waals surface area contributed by atoms with E-state index in [0.29, 0.717) is 10.3 Å². The number of primary amides is 1. The van der Waals surface area contributed by atoms with Crippen molar-refractivity contribution in [1.82, 2.24) is 0 Å². The summed E-state index contributed by atoms with van der Waals surface area (Å²) < 4.78 is 0.416. The number of fused-ring (bicyclic) bond motifs is 1. The van der Waals surface area contributed by atoms with Gasteiger partial charge < -0.3 is 16.0 Å². The third-order valence-corrected chi connectivity index (χ3v) is 3.67. The van der Waals surface area contributed by atoms with Crippen molar-refractivity contribution in [2.45, 2.75) is 6.92 Å². The number of amides is 1. The number of phenols is 1. The van der Waals surface area contributed by atoms with Crippen LogP contribution in [0.3, 0.4) is 0 Å². The standard InChI is InChI=1S/C9H7N3O5S/c1-3-2-4(12(16)17)6(13)5-7(3)18-9(8(10)14)11(5)15/h2,13H,1H3,(H2,10,14). The summed E-state index contributed by atoms with van der Waals surface area (Å²) in [5.74, 6) is -1.72. The van der Waals surface area contributed by atoms with Crippen molar-refractivity contribution in [3.05, 3.63) is 32.0 Å². The van der Waals surface area contributed by atoms with Crippen LogP contribution in [0.15, 0.2) is 6.07 Å². The van der Waals surface area contributed by atoms with Crippen LogP contribution in [0.25, 0.3) is 10.2 Å². The van der Waals surface area contributed by atoms with Crippen molar-refractivity contribution in [3.8, 4) is 5.75 Å². The molecular weight excluding hydrogens is 262 g/mol. The number of nitro groups is 1. The van der Waals surface area contributed by atoms with E-state index in [1.165, 1.54) is 6.92 Å². The minimum Gasteiger partial charge on any atom is -0.617 e. The molecular formula is C9H7N3O5S. The summed E-state index contributed by atoms with van der Waals surface area (Å²) in [7, 11) is 0. The highest BCUT2D eigenvalue weighted by atomic mass is 32.1. The number of phenolic OH excluding ortho intramolecular Hbond substituents is 1. The number of nitrogens with two attached hydrogens (primary N) is 1. The number of benzene rings is 1. The molecule has 2 aromatic rings. The Bertz CT molecular complexity index is 693. The lowest BCUT2D eigenvalue weighted by Gasteiger charge is -2.00. The normalized spacial score (nSPS) is 10.7. The maximum atomic E-state index is 11.8. The number of aryl methyl sites for hydroxylation is 1. The van der Waals surface area contributed by atoms with Crippen LogP contribution >= 0.6 is 11.3 Å². The maximum absolute atomic E-state index is 11.8. The van der Waals surface area contributed by atoms with Crippen LogP contribution < -0.4 is 10.5 Å². The number of carbonyl (C=O) groups is 1. The summed E-state index contributed by atoms with van der Waals surface area (Å²) in [5, 5.41) is 31.9. The highest BCUT2D eigenvalue weighted by molar-refractivity contribution is 7.20. The number of carbonyl (C=O) groups excluding carboxylic acids is 1. The third-order valence-electron chi connectivity index (χ3n) is 2.39. The van der Waals surface area contributed by atoms with Gasteiger partial charge in [0.15, 0.2) is 0 Å². The van der Waals surface area contributed by atoms with Gasteiger partial charge in [-0.3, -0.25) is 14.9 Å². The summed E-state index contributed by atoms with van der Waals surface area (Å²) in [6, 6.07) is 1.14. The average molecular weight is 269 g/mol. The number of hydrogen-bond acceptors (Lipinski definition) is 6. The Labute approximate surface area is 104 Å². The topological polar surface area (TPSA) is 133 Å². The van der Waals surface area contributed by atoms with E-state index < -0.39 is 22.3 Å². The molecule has 94 valence electrons. The molecule has 0 aliphatic heterocycles. The van der Waals surface area contributed by atoms with Crippen LogP contribution in [-0.2, 0) is 0 Å². The number of hydrogen-bond donors (Lipinski definition) is 2. The first-order valence-corrected chi connectivity index (χ1v) is 5.49. The summed E-state index contributed by atoms with van der Waals surface area (Å²) >= 11 is 0.787. The highest BCUT2D eigenvalue weighted by Crippen LogP contribution is 2.37. The Kier molecular flexibility index (Phi) is 2.55. The first-order chi connectivity index (χ1) is 8.34. The molecule has 9 heteroatoms. The van der Waals surface area contributed by atoms with Crippen LogP contribution in [-0.4, -0.2) is 15.9 Å². The Hall–Kier alpha value is -2.42. The van der Waals surface area contributed by atoms with E-state index in [1.807, 2.05) is 0 Å². The minimum absolute atomic E-state index is 0.123. The van der Waals surface area contributed by atoms with E-state index in [4.69, 9.17) is 5.73 Å². The van der Waals surface area contributed by atoms with Crippen LogP contribution in [0.4, 0.5) is 5.69 Å². The van der Waals surface area contributed by atoms with Gasteiger partial charge in [-0.25, -0.2) is 0 Å². The number of thiazole rings is 1. The highest BCUT2D eigenvalue weighted by Gasteiger charge is 2.30. The van der Waals surface area contributed by atoms with Gasteiger partial charge in [-0.05, 0) is 12.5 Å². The van der Waals surface area contributed by atoms with Crippen LogP contribution in [0, 0.1) is 22.2 Å². The zero-order chi connectivity index (χ0) is 13.6. The van der Waals surface area contributed by atoms with Gasteiger partial charge in [0, 0.05) is 6.07 Å². The van der Waals surface area contributed by atoms with Gasteiger partial charge in [0.2, 0.25) is 0 Å². The monoisotopic (exact) mass is 269 g/mol. The first kappa shape index (κ1) is 12.0. The molecule has 8 nitrogen and oxygen atoms in total. The SMILES string of the molecule is Cc1cc([N+](=O)[O-])c(O)c2c1sc(C(N)=O)[n+]2[O-]. The quantitative estimate of drug-likeness (QED) is 0.355. The Morgan fingerprint density at radius 2 is 2.22 bits per heavy atom. The predicted molar refractivity (Wildman–Crippen MR) is 62.4 cm³/mol. The van der Waals surface area contributed by atoms with Crippen LogP contribution in [0.5, 0.6) is 5.75 Å². The van der Waals surface area contributed by atoms with E-state index in [-0.39, 0.29) is 15.3 Å². The molecule has 3 N–H and O–H groups in total. The largest absolute Gasteiger partial charge is 0.617 e. The van der Waals surface area contributed by atoms with Gasteiger partial charge in [0.25, 0.3) is 11.3 Å². The Balaban J connectivity index is 2.95. The number of aromatic nitrogens is 1. The third kappa shape index (κ3) is 1.52. The van der Waals surface area contributed by atoms with Gasteiger partial charge in [-0.2, -0.15) is 0 Å². The van der Waals surface area contributed by atoms with Gasteiger partial charge in [0.05, 0.1) is 4.92 Å². The van der Waals surface area contributed by atoms with E-state index in [9.17, 15) is 25.2 Å². The smallest absolute Gasteiger partial charge is 0.339 e. The van der Waals surface area contributed by atoms with E-state index in [1.54, 1.807) is 0 Å². The molecule has 18 heavy (non-hydrogen) atoms. The van der Waals surface area contributed by atoms with E-state index >= 15 is 0 Å². The number of nitrogens with zero attached hydrogens (tertiary/aromatic N) is 2. The minimum atomic E-state index is -0.951. The fourth-order valence-electron chi connectivity index (χ4n) is 1.60. The Morgan fingerprint density at radius 1 is 1.61 bits per heavy atom. The van der Waals surface area contributed by atoms with Gasteiger partial charge in [0.1, 0.15) is 4.70 Å². The van der Waals surface area contributed by atoms with Crippen molar-refractivity contribution in [2.75, 3.05) is 0 Å². The van der Waals surface area contributed by atoms with E-state index in [2.05, 4.69) is 0 Å². The molecule has 2 rings (SSSR count). The molecule has 0 fully saturated rings. The second kappa shape index (κ2) is 3.81. The summed E-state index contributed by atoms with van der Waals surface area (Å²) in [4.78, 5) is 20.9. The molecule has 1 amide bonds.